The number of aryl methyl sites for hydroxylation is 2. The number of piperidine rings is 1. The summed E-state index contributed by atoms with van der Waals surface area (Å²) in [6.07, 6.45) is 1.87. The molecule has 0 bridgehead atoms. The predicted molar refractivity (Wildman–Crippen MR) is 107 cm³/mol. The summed E-state index contributed by atoms with van der Waals surface area (Å²) in [5.41, 5.74) is 3.47. The largest absolute Gasteiger partial charge is 0.481 e. The number of carboxylic acids is 1. The number of carbonyl (C=O) groups excluding carboxylic acids is 1. The van der Waals surface area contributed by atoms with Gasteiger partial charge in [-0.15, -0.1) is 0 Å². The van der Waals surface area contributed by atoms with Crippen LogP contribution >= 0.6 is 0 Å². The molecule has 7 heteroatoms. The van der Waals surface area contributed by atoms with Crippen LogP contribution in [0.5, 0.6) is 0 Å². The zero-order chi connectivity index (χ0) is 20.5. The first kappa shape index (κ1) is 19.6. The molecule has 2 fully saturated rings. The number of nitrogens with zero attached hydrogens (tertiary/aromatic N) is 3. The third kappa shape index (κ3) is 3.92. The summed E-state index contributed by atoms with van der Waals surface area (Å²) in [7, 11) is 0. The van der Waals surface area contributed by atoms with Crippen LogP contribution in [0.3, 0.4) is 0 Å². The number of aliphatic carboxylic acids is 1. The monoisotopic (exact) mass is 397 g/mol. The van der Waals surface area contributed by atoms with Crippen LogP contribution in [-0.2, 0) is 9.53 Å². The van der Waals surface area contributed by atoms with Gasteiger partial charge in [-0.2, -0.15) is 5.10 Å². The fourth-order valence-electron chi connectivity index (χ4n) is 4.46. The van der Waals surface area contributed by atoms with Gasteiger partial charge in [-0.3, -0.25) is 9.59 Å². The van der Waals surface area contributed by atoms with Crippen LogP contribution in [0, 0.1) is 25.7 Å². The highest BCUT2D eigenvalue weighted by Gasteiger charge is 2.41. The zero-order valence-corrected chi connectivity index (χ0v) is 16.9. The molecule has 0 spiro atoms. The second-order valence-corrected chi connectivity index (χ2v) is 8.12. The summed E-state index contributed by atoms with van der Waals surface area (Å²) in [4.78, 5) is 26.2. The van der Waals surface area contributed by atoms with Crippen LogP contribution in [0.25, 0.3) is 5.69 Å². The van der Waals surface area contributed by atoms with E-state index in [0.717, 1.165) is 24.2 Å². The van der Waals surface area contributed by atoms with Crippen molar-refractivity contribution in [2.45, 2.75) is 39.2 Å². The third-order valence-electron chi connectivity index (χ3n) is 6.13. The molecule has 2 aromatic rings. The van der Waals surface area contributed by atoms with Crippen LogP contribution in [0.1, 0.15) is 41.0 Å². The Morgan fingerprint density at radius 2 is 1.79 bits per heavy atom. The first-order valence-electron chi connectivity index (χ1n) is 10.2. The molecule has 1 amide bonds. The average Bonchev–Trinajstić information content (AvgIpc) is 3.35. The van der Waals surface area contributed by atoms with E-state index in [1.165, 1.54) is 5.56 Å². The lowest BCUT2D eigenvalue weighted by Crippen LogP contribution is -2.43. The molecule has 3 heterocycles. The van der Waals surface area contributed by atoms with Gasteiger partial charge in [0.1, 0.15) is 0 Å². The molecule has 4 rings (SSSR count). The highest BCUT2D eigenvalue weighted by atomic mass is 16.5. The molecule has 2 aliphatic rings. The van der Waals surface area contributed by atoms with E-state index in [2.05, 4.69) is 5.10 Å². The fraction of sp³-hybridized carbons (Fsp3) is 0.500. The van der Waals surface area contributed by atoms with E-state index >= 15 is 0 Å². The highest BCUT2D eigenvalue weighted by molar-refractivity contribution is 5.92. The molecule has 0 radical (unpaired) electrons. The maximum absolute atomic E-state index is 13.0. The Balaban J connectivity index is 1.42. The van der Waals surface area contributed by atoms with Crippen molar-refractivity contribution in [1.82, 2.24) is 14.7 Å². The molecule has 2 saturated heterocycles. The number of aromatic nitrogens is 2. The summed E-state index contributed by atoms with van der Waals surface area (Å²) in [5.74, 6) is -1.08. The first-order chi connectivity index (χ1) is 13.9. The first-order valence-corrected chi connectivity index (χ1v) is 10.2. The molecular formula is C22H27N3O4. The van der Waals surface area contributed by atoms with E-state index in [1.807, 2.05) is 49.1 Å². The summed E-state index contributed by atoms with van der Waals surface area (Å²) in [6, 6.07) is 9.87. The molecule has 2 aliphatic heterocycles. The van der Waals surface area contributed by atoms with E-state index in [1.54, 1.807) is 4.68 Å². The van der Waals surface area contributed by atoms with Crippen LogP contribution < -0.4 is 0 Å². The van der Waals surface area contributed by atoms with Gasteiger partial charge in [0.2, 0.25) is 0 Å². The molecule has 0 saturated carbocycles. The second-order valence-electron chi connectivity index (χ2n) is 8.12. The smallest absolute Gasteiger partial charge is 0.309 e. The fourth-order valence-corrected chi connectivity index (χ4v) is 4.46. The van der Waals surface area contributed by atoms with Crippen LogP contribution in [0.4, 0.5) is 0 Å². The SMILES string of the molecule is Cc1ccc(-n2nc(C(=O)N3CCC([C@@H]4OCCC4C(=O)O)CC3)cc2C)cc1. The number of rotatable bonds is 4. The minimum Gasteiger partial charge on any atom is -0.481 e. The summed E-state index contributed by atoms with van der Waals surface area (Å²) < 4.78 is 7.52. The van der Waals surface area contributed by atoms with E-state index in [9.17, 15) is 14.7 Å². The number of hydrogen-bond donors (Lipinski definition) is 1. The van der Waals surface area contributed by atoms with Gasteiger partial charge in [0.25, 0.3) is 5.91 Å². The Labute approximate surface area is 170 Å². The quantitative estimate of drug-likeness (QED) is 0.858. The number of hydrogen-bond acceptors (Lipinski definition) is 4. The molecule has 1 aromatic heterocycles. The van der Waals surface area contributed by atoms with Gasteiger partial charge in [-0.05, 0) is 57.2 Å². The van der Waals surface area contributed by atoms with Crippen molar-refractivity contribution in [3.8, 4) is 5.69 Å². The van der Waals surface area contributed by atoms with Crippen molar-refractivity contribution >= 4 is 11.9 Å². The molecule has 1 unspecified atom stereocenters. The highest BCUT2D eigenvalue weighted by Crippen LogP contribution is 2.33. The number of likely N-dealkylation sites (tertiary alicyclic amines) is 1. The summed E-state index contributed by atoms with van der Waals surface area (Å²) in [6.45, 7) is 5.70. The Bertz CT molecular complexity index is 897. The van der Waals surface area contributed by atoms with Crippen LogP contribution in [0.15, 0.2) is 30.3 Å². The van der Waals surface area contributed by atoms with Gasteiger partial charge >= 0.3 is 5.97 Å². The van der Waals surface area contributed by atoms with Gasteiger partial charge in [0.15, 0.2) is 5.69 Å². The van der Waals surface area contributed by atoms with Crippen molar-refractivity contribution < 1.29 is 19.4 Å². The van der Waals surface area contributed by atoms with E-state index < -0.39 is 11.9 Å². The van der Waals surface area contributed by atoms with Crippen molar-refractivity contribution in [3.63, 3.8) is 0 Å². The number of carbonyl (C=O) groups is 2. The van der Waals surface area contributed by atoms with Crippen LogP contribution in [0.2, 0.25) is 0 Å². The Morgan fingerprint density at radius 3 is 2.45 bits per heavy atom. The summed E-state index contributed by atoms with van der Waals surface area (Å²) in [5, 5.41) is 13.9. The van der Waals surface area contributed by atoms with Gasteiger partial charge < -0.3 is 14.7 Å². The predicted octanol–water partition coefficient (Wildman–Crippen LogP) is 2.83. The maximum atomic E-state index is 13.0. The van der Waals surface area contributed by atoms with Gasteiger partial charge in [0.05, 0.1) is 17.7 Å². The third-order valence-corrected chi connectivity index (χ3v) is 6.13. The van der Waals surface area contributed by atoms with Crippen molar-refractivity contribution in [2.24, 2.45) is 11.8 Å². The lowest BCUT2D eigenvalue weighted by Gasteiger charge is -2.35. The number of ether oxygens (including phenoxy) is 1. The van der Waals surface area contributed by atoms with E-state index in [-0.39, 0.29) is 17.9 Å². The molecular weight excluding hydrogens is 370 g/mol. The summed E-state index contributed by atoms with van der Waals surface area (Å²) >= 11 is 0. The van der Waals surface area contributed by atoms with Crippen molar-refractivity contribution in [3.05, 3.63) is 47.3 Å². The van der Waals surface area contributed by atoms with Crippen molar-refractivity contribution in [2.75, 3.05) is 19.7 Å². The molecule has 2 atom stereocenters. The maximum Gasteiger partial charge on any atom is 0.309 e. The molecule has 1 N–H and O–H groups in total. The Morgan fingerprint density at radius 1 is 1.10 bits per heavy atom. The van der Waals surface area contributed by atoms with Crippen LogP contribution in [-0.4, -0.2) is 57.5 Å². The van der Waals surface area contributed by atoms with E-state index in [4.69, 9.17) is 4.74 Å². The molecule has 7 nitrogen and oxygen atoms in total. The van der Waals surface area contributed by atoms with Gasteiger partial charge in [-0.1, -0.05) is 17.7 Å². The lowest BCUT2D eigenvalue weighted by atomic mass is 9.84. The normalized spacial score (nSPS) is 22.8. The minimum atomic E-state index is -0.775. The molecule has 0 aliphatic carbocycles. The van der Waals surface area contributed by atoms with Crippen molar-refractivity contribution in [1.29, 1.82) is 0 Å². The van der Waals surface area contributed by atoms with E-state index in [0.29, 0.717) is 31.8 Å². The van der Waals surface area contributed by atoms with Gasteiger partial charge in [-0.25, -0.2) is 4.68 Å². The average molecular weight is 397 g/mol. The number of benzene rings is 1. The molecule has 1 aromatic carbocycles. The Kier molecular flexibility index (Phi) is 5.41. The topological polar surface area (TPSA) is 84.7 Å². The number of amides is 1. The number of carboxylic acid groups (broad SMARTS) is 1. The zero-order valence-electron chi connectivity index (χ0n) is 16.9. The van der Waals surface area contributed by atoms with Gasteiger partial charge in [0, 0.05) is 25.4 Å². The molecule has 154 valence electrons. The second kappa shape index (κ2) is 7.99. The Hall–Kier alpha value is -2.67. The standard InChI is InChI=1S/C22H27N3O4/c1-14-3-5-17(6-4-14)25-15(2)13-19(23-25)21(26)24-10-7-16(8-11-24)20-18(22(27)28)9-12-29-20/h3-6,13,16,18,20H,7-12H2,1-2H3,(H,27,28)/t18?,20-/m0/s1. The minimum absolute atomic E-state index is 0.0699. The molecule has 29 heavy (non-hydrogen) atoms. The lowest BCUT2D eigenvalue weighted by molar-refractivity contribution is -0.145.